The average Bonchev–Trinajstić information content (AvgIpc) is 2.78. The van der Waals surface area contributed by atoms with Crippen LogP contribution >= 0.6 is 0 Å². The van der Waals surface area contributed by atoms with E-state index in [4.69, 9.17) is 14.2 Å². The van der Waals surface area contributed by atoms with E-state index in [2.05, 4.69) is 0 Å². The van der Waals surface area contributed by atoms with Gasteiger partial charge in [-0.1, -0.05) is 6.08 Å². The summed E-state index contributed by atoms with van der Waals surface area (Å²) in [4.78, 5) is 28.1. The minimum atomic E-state index is -0.553. The van der Waals surface area contributed by atoms with Crippen molar-refractivity contribution in [1.82, 2.24) is 4.90 Å². The highest BCUT2D eigenvalue weighted by Crippen LogP contribution is 2.39. The molecule has 0 saturated carbocycles. The molecule has 33 heavy (non-hydrogen) atoms. The zero-order chi connectivity index (χ0) is 24.2. The number of methoxy groups -OCH3 is 1. The Balaban J connectivity index is 1.81. The number of benzene rings is 1. The number of hydrogen-bond donors (Lipinski definition) is 0. The molecule has 182 valence electrons. The lowest BCUT2D eigenvalue weighted by molar-refractivity contribution is -0.148. The van der Waals surface area contributed by atoms with E-state index < -0.39 is 11.4 Å². The molecule has 0 unspecified atom stereocenters. The molecule has 8 heteroatoms. The number of ether oxygens (including phenoxy) is 3. The fourth-order valence-corrected chi connectivity index (χ4v) is 4.28. The van der Waals surface area contributed by atoms with Crippen molar-refractivity contribution < 1.29 is 28.2 Å². The smallest absolute Gasteiger partial charge is 0.410 e. The fraction of sp³-hybridized carbons (Fsp3) is 0.600. The molecule has 0 radical (unpaired) electrons. The van der Waals surface area contributed by atoms with Gasteiger partial charge in [-0.25, -0.2) is 9.18 Å². The Labute approximate surface area is 195 Å². The van der Waals surface area contributed by atoms with E-state index in [1.165, 1.54) is 7.11 Å². The molecular weight excluding hydrogens is 427 g/mol. The first-order valence-corrected chi connectivity index (χ1v) is 11.6. The van der Waals surface area contributed by atoms with Gasteiger partial charge in [0.05, 0.1) is 25.3 Å². The summed E-state index contributed by atoms with van der Waals surface area (Å²) in [6.45, 7) is 9.70. The average molecular weight is 463 g/mol. The molecule has 0 bridgehead atoms. The topological polar surface area (TPSA) is 68.3 Å². The van der Waals surface area contributed by atoms with Gasteiger partial charge in [-0.3, -0.25) is 4.79 Å². The zero-order valence-electron chi connectivity index (χ0n) is 20.3. The van der Waals surface area contributed by atoms with Crippen molar-refractivity contribution in [3.8, 4) is 5.75 Å². The SMILES string of the molecule is CCOC(=O)C1CCN(c2c(C3=CCN(C(=O)OC(C)(C)C)CC3)ccc(OC)c2F)CC1. The molecule has 1 fully saturated rings. The van der Waals surface area contributed by atoms with Crippen molar-refractivity contribution >= 4 is 23.3 Å². The number of piperidine rings is 1. The first-order chi connectivity index (χ1) is 15.6. The Kier molecular flexibility index (Phi) is 7.87. The summed E-state index contributed by atoms with van der Waals surface area (Å²) in [6.07, 6.45) is 3.43. The summed E-state index contributed by atoms with van der Waals surface area (Å²) in [5.74, 6) is -0.552. The van der Waals surface area contributed by atoms with Crippen LogP contribution in [0.1, 0.15) is 52.5 Å². The molecular formula is C25H35FN2O5. The molecule has 2 aliphatic heterocycles. The van der Waals surface area contributed by atoms with Gasteiger partial charge in [-0.05, 0) is 64.7 Å². The van der Waals surface area contributed by atoms with Crippen LogP contribution in [0.25, 0.3) is 5.57 Å². The monoisotopic (exact) mass is 462 g/mol. The molecule has 1 aromatic rings. The molecule has 2 heterocycles. The van der Waals surface area contributed by atoms with E-state index in [9.17, 15) is 9.59 Å². The summed E-state index contributed by atoms with van der Waals surface area (Å²) >= 11 is 0. The molecule has 0 aromatic heterocycles. The van der Waals surface area contributed by atoms with E-state index in [1.54, 1.807) is 17.9 Å². The van der Waals surface area contributed by atoms with Crippen molar-refractivity contribution in [3.63, 3.8) is 0 Å². The van der Waals surface area contributed by atoms with E-state index in [0.29, 0.717) is 57.7 Å². The van der Waals surface area contributed by atoms with Crippen LogP contribution in [0, 0.1) is 11.7 Å². The largest absolute Gasteiger partial charge is 0.494 e. The highest BCUT2D eigenvalue weighted by Gasteiger charge is 2.31. The second-order valence-corrected chi connectivity index (χ2v) is 9.40. The number of anilines is 1. The molecule has 0 N–H and O–H groups in total. The molecule has 1 saturated heterocycles. The van der Waals surface area contributed by atoms with Crippen LogP contribution in [0.15, 0.2) is 18.2 Å². The van der Waals surface area contributed by atoms with E-state index >= 15 is 4.39 Å². The Bertz CT molecular complexity index is 901. The maximum atomic E-state index is 15.5. The lowest BCUT2D eigenvalue weighted by Crippen LogP contribution is -2.39. The highest BCUT2D eigenvalue weighted by atomic mass is 19.1. The van der Waals surface area contributed by atoms with Crippen LogP contribution in [0.4, 0.5) is 14.9 Å². The number of hydrogen-bond acceptors (Lipinski definition) is 6. The maximum absolute atomic E-state index is 15.5. The lowest BCUT2D eigenvalue weighted by Gasteiger charge is -2.35. The number of halogens is 1. The highest BCUT2D eigenvalue weighted by molar-refractivity contribution is 5.81. The number of rotatable bonds is 5. The normalized spacial score (nSPS) is 17.5. The third kappa shape index (κ3) is 5.97. The predicted octanol–water partition coefficient (Wildman–Crippen LogP) is 4.64. The summed E-state index contributed by atoms with van der Waals surface area (Å²) in [6, 6.07) is 3.52. The molecule has 0 atom stereocenters. The molecule has 0 aliphatic carbocycles. The Hall–Kier alpha value is -2.77. The molecule has 3 rings (SSSR count). The minimum absolute atomic E-state index is 0.158. The standard InChI is InChI=1S/C25H35FN2O5/c1-6-32-23(29)18-11-13-27(14-12-18)22-19(7-8-20(31-5)21(22)26)17-9-15-28(16-10-17)24(30)33-25(2,3)4/h7-9,18H,6,10-16H2,1-5H3. The second-order valence-electron chi connectivity index (χ2n) is 9.40. The van der Waals surface area contributed by atoms with Crippen molar-refractivity contribution in [2.45, 2.75) is 52.6 Å². The first kappa shape index (κ1) is 24.9. The Morgan fingerprint density at radius 3 is 2.39 bits per heavy atom. The molecule has 2 aliphatic rings. The Morgan fingerprint density at radius 1 is 1.15 bits per heavy atom. The van der Waals surface area contributed by atoms with Gasteiger partial charge in [0, 0.05) is 31.7 Å². The van der Waals surface area contributed by atoms with Crippen molar-refractivity contribution in [2.75, 3.05) is 44.8 Å². The van der Waals surface area contributed by atoms with Crippen LogP contribution in [0.3, 0.4) is 0 Å². The van der Waals surface area contributed by atoms with Crippen LogP contribution < -0.4 is 9.64 Å². The zero-order valence-corrected chi connectivity index (χ0v) is 20.3. The first-order valence-electron chi connectivity index (χ1n) is 11.6. The van der Waals surface area contributed by atoms with Gasteiger partial charge >= 0.3 is 12.1 Å². The van der Waals surface area contributed by atoms with Gasteiger partial charge in [0.15, 0.2) is 11.6 Å². The van der Waals surface area contributed by atoms with E-state index in [-0.39, 0.29) is 23.7 Å². The van der Waals surface area contributed by atoms with Crippen LogP contribution in [-0.2, 0) is 14.3 Å². The van der Waals surface area contributed by atoms with Crippen molar-refractivity contribution in [1.29, 1.82) is 0 Å². The van der Waals surface area contributed by atoms with Gasteiger partial charge in [-0.2, -0.15) is 0 Å². The summed E-state index contributed by atoms with van der Waals surface area (Å²) < 4.78 is 31.3. The fourth-order valence-electron chi connectivity index (χ4n) is 4.28. The van der Waals surface area contributed by atoms with Gasteiger partial charge in [0.1, 0.15) is 5.60 Å². The summed E-state index contributed by atoms with van der Waals surface area (Å²) in [7, 11) is 1.45. The molecule has 7 nitrogen and oxygen atoms in total. The van der Waals surface area contributed by atoms with Gasteiger partial charge in [-0.15, -0.1) is 0 Å². The van der Waals surface area contributed by atoms with Crippen LogP contribution in [0.2, 0.25) is 0 Å². The summed E-state index contributed by atoms with van der Waals surface area (Å²) in [5, 5.41) is 0. The molecule has 0 spiro atoms. The molecule has 1 aromatic carbocycles. The molecule has 1 amide bonds. The summed E-state index contributed by atoms with van der Waals surface area (Å²) in [5.41, 5.74) is 1.72. The quantitative estimate of drug-likeness (QED) is 0.594. The number of carbonyl (C=O) groups is 2. The van der Waals surface area contributed by atoms with Crippen LogP contribution in [0.5, 0.6) is 5.75 Å². The lowest BCUT2D eigenvalue weighted by atomic mass is 9.93. The third-order valence-electron chi connectivity index (χ3n) is 5.94. The van der Waals surface area contributed by atoms with Crippen LogP contribution in [-0.4, -0.2) is 62.5 Å². The van der Waals surface area contributed by atoms with Gasteiger partial charge in [0.2, 0.25) is 0 Å². The Morgan fingerprint density at radius 2 is 1.85 bits per heavy atom. The third-order valence-corrected chi connectivity index (χ3v) is 5.94. The number of amides is 1. The van der Waals surface area contributed by atoms with E-state index in [0.717, 1.165) is 11.1 Å². The van der Waals surface area contributed by atoms with E-state index in [1.807, 2.05) is 37.8 Å². The van der Waals surface area contributed by atoms with Gasteiger partial charge in [0.25, 0.3) is 0 Å². The minimum Gasteiger partial charge on any atom is -0.494 e. The second kappa shape index (κ2) is 10.4. The predicted molar refractivity (Wildman–Crippen MR) is 125 cm³/mol. The number of carbonyl (C=O) groups excluding carboxylic acids is 2. The van der Waals surface area contributed by atoms with Gasteiger partial charge < -0.3 is 24.0 Å². The number of nitrogens with zero attached hydrogens (tertiary/aromatic N) is 2. The van der Waals surface area contributed by atoms with Crippen molar-refractivity contribution in [2.24, 2.45) is 5.92 Å². The number of esters is 1. The maximum Gasteiger partial charge on any atom is 0.410 e. The van der Waals surface area contributed by atoms with Crippen molar-refractivity contribution in [3.05, 3.63) is 29.6 Å².